The average Bonchev–Trinajstić information content (AvgIpc) is 4.15. The SMILES string of the molecule is c1ccc(N(c2ccc3cc4c(cc3c2)oc2cc3oc5cc6cc(N(c7ccccc7)c7cccc8[se]c9ccccc9c78)ccc6cc5c3cc24)c2cccc3[se]c4ccccc4c23)cc1. The van der Waals surface area contributed by atoms with Crippen molar-refractivity contribution in [3.63, 3.8) is 0 Å². The summed E-state index contributed by atoms with van der Waals surface area (Å²) in [7, 11) is 0. The molecular formula is C62H36N2O2Se2. The maximum atomic E-state index is 6.72. The van der Waals surface area contributed by atoms with Gasteiger partial charge in [-0.1, -0.05) is 0 Å². The van der Waals surface area contributed by atoms with Gasteiger partial charge < -0.3 is 0 Å². The third-order valence-electron chi connectivity index (χ3n) is 13.7. The Morgan fingerprint density at radius 2 is 0.676 bits per heavy atom. The molecular weight excluding hydrogens is 963 g/mol. The molecule has 0 amide bonds. The van der Waals surface area contributed by atoms with Crippen LogP contribution in [0.4, 0.5) is 34.1 Å². The summed E-state index contributed by atoms with van der Waals surface area (Å²) < 4.78 is 19.2. The van der Waals surface area contributed by atoms with Gasteiger partial charge >= 0.3 is 404 Å². The molecule has 15 rings (SSSR count). The number of hydrogen-bond donors (Lipinski definition) is 0. The molecule has 0 aliphatic carbocycles. The number of fused-ring (bicyclic) bond motifs is 14. The Labute approximate surface area is 401 Å². The van der Waals surface area contributed by atoms with Gasteiger partial charge in [-0.05, 0) is 0 Å². The van der Waals surface area contributed by atoms with Crippen LogP contribution in [0.2, 0.25) is 0 Å². The molecule has 0 atom stereocenters. The quantitative estimate of drug-likeness (QED) is 0.155. The zero-order valence-electron chi connectivity index (χ0n) is 36.3. The zero-order valence-corrected chi connectivity index (χ0v) is 39.7. The van der Waals surface area contributed by atoms with Crippen molar-refractivity contribution >= 4 is 167 Å². The topological polar surface area (TPSA) is 32.8 Å². The summed E-state index contributed by atoms with van der Waals surface area (Å²) in [5.74, 6) is 0. The van der Waals surface area contributed by atoms with Crippen molar-refractivity contribution in [2.75, 3.05) is 9.80 Å². The van der Waals surface area contributed by atoms with Gasteiger partial charge in [0.2, 0.25) is 0 Å². The molecule has 68 heavy (non-hydrogen) atoms. The van der Waals surface area contributed by atoms with Crippen molar-refractivity contribution in [2.45, 2.75) is 0 Å². The van der Waals surface area contributed by atoms with Gasteiger partial charge in [-0.25, -0.2) is 0 Å². The molecule has 0 radical (unpaired) electrons. The van der Waals surface area contributed by atoms with E-state index in [-0.39, 0.29) is 29.0 Å². The second kappa shape index (κ2) is 14.8. The normalized spacial score (nSPS) is 12.1. The average molecular weight is 999 g/mol. The Morgan fingerprint density at radius 1 is 0.265 bits per heavy atom. The van der Waals surface area contributed by atoms with Crippen LogP contribution in [-0.4, -0.2) is 29.0 Å². The molecule has 0 N–H and O–H groups in total. The van der Waals surface area contributed by atoms with Crippen molar-refractivity contribution in [2.24, 2.45) is 0 Å². The number of para-hydroxylation sites is 2. The van der Waals surface area contributed by atoms with E-state index in [2.05, 4.69) is 228 Å². The monoisotopic (exact) mass is 1000 g/mol. The van der Waals surface area contributed by atoms with E-state index < -0.39 is 0 Å². The Morgan fingerprint density at radius 3 is 1.16 bits per heavy atom. The first-order chi connectivity index (χ1) is 33.7. The minimum atomic E-state index is 0.273. The van der Waals surface area contributed by atoms with Crippen LogP contribution in [0.15, 0.2) is 227 Å². The number of benzene rings is 11. The van der Waals surface area contributed by atoms with Crippen molar-refractivity contribution in [3.05, 3.63) is 218 Å². The third kappa shape index (κ3) is 5.86. The summed E-state index contributed by atoms with van der Waals surface area (Å²) >= 11 is 0.546. The van der Waals surface area contributed by atoms with Gasteiger partial charge in [0.1, 0.15) is 0 Å². The number of hydrogen-bond acceptors (Lipinski definition) is 4. The number of furan rings is 2. The van der Waals surface area contributed by atoms with Crippen molar-refractivity contribution in [1.29, 1.82) is 0 Å². The first-order valence-electron chi connectivity index (χ1n) is 22.9. The Bertz CT molecular complexity index is 4240. The summed E-state index contributed by atoms with van der Waals surface area (Å²) in [6.07, 6.45) is 0. The van der Waals surface area contributed by atoms with Gasteiger partial charge in [0.15, 0.2) is 0 Å². The van der Waals surface area contributed by atoms with Crippen LogP contribution in [0.1, 0.15) is 0 Å². The van der Waals surface area contributed by atoms with E-state index in [1.807, 2.05) is 0 Å². The van der Waals surface area contributed by atoms with E-state index in [1.165, 1.54) is 50.0 Å². The third-order valence-corrected chi connectivity index (χ3v) is 18.5. The second-order valence-electron chi connectivity index (χ2n) is 17.6. The summed E-state index contributed by atoms with van der Waals surface area (Å²) in [4.78, 5) is 4.83. The Balaban J connectivity index is 0.843. The molecule has 0 bridgehead atoms. The zero-order chi connectivity index (χ0) is 44.5. The number of rotatable bonds is 6. The van der Waals surface area contributed by atoms with E-state index in [1.54, 1.807) is 0 Å². The van der Waals surface area contributed by atoms with E-state index in [0.717, 1.165) is 88.2 Å². The minimum absolute atomic E-state index is 0.273. The van der Waals surface area contributed by atoms with Crippen LogP contribution in [0, 0.1) is 0 Å². The molecule has 0 aliphatic heterocycles. The van der Waals surface area contributed by atoms with Crippen molar-refractivity contribution in [1.82, 2.24) is 0 Å². The molecule has 4 nitrogen and oxygen atoms in total. The van der Waals surface area contributed by atoms with Gasteiger partial charge in [0, 0.05) is 0 Å². The molecule has 0 saturated carbocycles. The first kappa shape index (κ1) is 38.3. The van der Waals surface area contributed by atoms with Crippen LogP contribution in [0.3, 0.4) is 0 Å². The van der Waals surface area contributed by atoms with Crippen LogP contribution >= 0.6 is 0 Å². The predicted octanol–water partition coefficient (Wildman–Crippen LogP) is 17.5. The van der Waals surface area contributed by atoms with Crippen LogP contribution in [-0.2, 0) is 0 Å². The van der Waals surface area contributed by atoms with Crippen LogP contribution < -0.4 is 9.80 Å². The summed E-state index contributed by atoms with van der Waals surface area (Å²) in [6.45, 7) is 0. The first-order valence-corrected chi connectivity index (χ1v) is 26.3. The van der Waals surface area contributed by atoms with E-state index in [0.29, 0.717) is 0 Å². The molecule has 318 valence electrons. The standard InChI is InChI=1S/C62H36N2O2Se2/c1-3-13-41(14-4-1)63(51-19-11-23-59-61(51)45-17-7-9-21-57(45)67-59)43-27-25-37-31-47-49-35-50-48-32-38-26-28-44(30-40(38)34-54(48)66-56(50)36-55(49)65-53(47)33-39(37)29-43)64(42-15-5-2-6-16-42)52-20-12-24-60-62(52)46-18-8-10-22-58(46)68-60/h1-36H. The van der Waals surface area contributed by atoms with Crippen molar-refractivity contribution in [3.8, 4) is 0 Å². The molecule has 0 unspecified atom stereocenters. The molecule has 15 aromatic rings. The fourth-order valence-corrected chi connectivity index (χ4v) is 15.4. The molecule has 4 aromatic heterocycles. The number of anilines is 6. The Kier molecular flexibility index (Phi) is 8.36. The van der Waals surface area contributed by atoms with Crippen LogP contribution in [0.5, 0.6) is 0 Å². The van der Waals surface area contributed by atoms with Gasteiger partial charge in [-0.15, -0.1) is 0 Å². The van der Waals surface area contributed by atoms with Gasteiger partial charge in [0.05, 0.1) is 0 Å². The summed E-state index contributed by atoms with van der Waals surface area (Å²) in [5.41, 5.74) is 10.2. The molecule has 0 spiro atoms. The second-order valence-corrected chi connectivity index (χ2v) is 22.2. The fourth-order valence-electron chi connectivity index (χ4n) is 10.7. The number of nitrogens with zero attached hydrogens (tertiary/aromatic N) is 2. The molecule has 0 saturated heterocycles. The van der Waals surface area contributed by atoms with Crippen LogP contribution in [0.25, 0.3) is 104 Å². The summed E-state index contributed by atoms with van der Waals surface area (Å²) in [6, 6.07) is 79.8. The molecule has 6 heteroatoms. The van der Waals surface area contributed by atoms with E-state index in [4.69, 9.17) is 8.83 Å². The van der Waals surface area contributed by atoms with E-state index in [9.17, 15) is 0 Å². The molecule has 0 aliphatic rings. The predicted molar refractivity (Wildman–Crippen MR) is 289 cm³/mol. The van der Waals surface area contributed by atoms with Crippen molar-refractivity contribution < 1.29 is 8.83 Å². The van der Waals surface area contributed by atoms with Gasteiger partial charge in [-0.2, -0.15) is 0 Å². The molecule has 4 heterocycles. The Hall–Kier alpha value is -7.82. The molecule has 0 fully saturated rings. The van der Waals surface area contributed by atoms with Gasteiger partial charge in [-0.3, -0.25) is 0 Å². The van der Waals surface area contributed by atoms with Gasteiger partial charge in [0.25, 0.3) is 0 Å². The maximum absolute atomic E-state index is 6.72. The fraction of sp³-hybridized carbons (Fsp3) is 0. The summed E-state index contributed by atoms with van der Waals surface area (Å²) in [5, 5.41) is 14.3. The molecule has 11 aromatic carbocycles. The van der Waals surface area contributed by atoms with E-state index >= 15 is 0 Å².